The molecular formula is C24H40O4. The van der Waals surface area contributed by atoms with Gasteiger partial charge in [-0.2, -0.15) is 0 Å². The normalized spacial score (nSPS) is 30.4. The van der Waals surface area contributed by atoms with Crippen LogP contribution >= 0.6 is 0 Å². The van der Waals surface area contributed by atoms with Gasteiger partial charge in [0.2, 0.25) is 0 Å². The van der Waals surface area contributed by atoms with Crippen molar-refractivity contribution in [3.05, 3.63) is 0 Å². The van der Waals surface area contributed by atoms with E-state index in [1.54, 1.807) is 0 Å². The van der Waals surface area contributed by atoms with Gasteiger partial charge in [0, 0.05) is 0 Å². The maximum Gasteiger partial charge on any atom is 0.306 e. The zero-order valence-corrected chi connectivity index (χ0v) is 17.8. The molecule has 0 radical (unpaired) electrons. The van der Waals surface area contributed by atoms with E-state index in [2.05, 4.69) is 6.92 Å². The van der Waals surface area contributed by atoms with Crippen LogP contribution in [0.3, 0.4) is 0 Å². The molecule has 4 bridgehead atoms. The Hall–Kier alpha value is -1.06. The van der Waals surface area contributed by atoms with E-state index in [9.17, 15) is 9.59 Å². The van der Waals surface area contributed by atoms with E-state index in [0.717, 1.165) is 24.7 Å². The van der Waals surface area contributed by atoms with Gasteiger partial charge in [0.1, 0.15) is 6.10 Å². The lowest BCUT2D eigenvalue weighted by Crippen LogP contribution is -2.50. The second-order valence-electron chi connectivity index (χ2n) is 9.58. The number of carbonyl (C=O) groups is 2. The van der Waals surface area contributed by atoms with Gasteiger partial charge in [-0.3, -0.25) is 9.59 Å². The Balaban J connectivity index is 1.20. The fourth-order valence-electron chi connectivity index (χ4n) is 5.98. The summed E-state index contributed by atoms with van der Waals surface area (Å²) >= 11 is 0. The molecule has 4 fully saturated rings. The average Bonchev–Trinajstić information content (AvgIpc) is 2.67. The Labute approximate surface area is 171 Å². The zero-order valence-electron chi connectivity index (χ0n) is 17.8. The van der Waals surface area contributed by atoms with E-state index in [1.165, 1.54) is 70.6 Å². The summed E-state index contributed by atoms with van der Waals surface area (Å²) in [6, 6.07) is 0. The largest absolute Gasteiger partial charge is 0.466 e. The molecule has 4 heteroatoms. The number of carbonyl (C=O) groups excluding carboxylic acids is 2. The summed E-state index contributed by atoms with van der Waals surface area (Å²) in [6.07, 6.45) is 16.6. The first-order valence-corrected chi connectivity index (χ1v) is 12.0. The van der Waals surface area contributed by atoms with Crippen molar-refractivity contribution in [1.29, 1.82) is 0 Å². The molecule has 0 amide bonds. The van der Waals surface area contributed by atoms with Crippen molar-refractivity contribution in [2.45, 2.75) is 109 Å². The van der Waals surface area contributed by atoms with E-state index < -0.39 is 0 Å². The fourth-order valence-corrected chi connectivity index (χ4v) is 5.98. The van der Waals surface area contributed by atoms with Gasteiger partial charge in [-0.15, -0.1) is 0 Å². The van der Waals surface area contributed by atoms with Crippen molar-refractivity contribution < 1.29 is 19.1 Å². The maximum atomic E-state index is 12.2. The van der Waals surface area contributed by atoms with E-state index in [0.29, 0.717) is 18.4 Å². The van der Waals surface area contributed by atoms with Crippen LogP contribution in [0.5, 0.6) is 0 Å². The number of rotatable bonds is 13. The predicted octanol–water partition coefficient (Wildman–Crippen LogP) is 5.82. The molecular weight excluding hydrogens is 352 g/mol. The van der Waals surface area contributed by atoms with E-state index in [4.69, 9.17) is 9.47 Å². The predicted molar refractivity (Wildman–Crippen MR) is 110 cm³/mol. The molecule has 4 aliphatic rings. The Bertz CT molecular complexity index is 473. The second-order valence-corrected chi connectivity index (χ2v) is 9.58. The van der Waals surface area contributed by atoms with Crippen molar-refractivity contribution in [1.82, 2.24) is 0 Å². The monoisotopic (exact) mass is 392 g/mol. The molecule has 4 aliphatic carbocycles. The van der Waals surface area contributed by atoms with Crippen molar-refractivity contribution in [3.8, 4) is 0 Å². The molecule has 0 unspecified atom stereocenters. The lowest BCUT2D eigenvalue weighted by atomic mass is 9.55. The molecule has 4 nitrogen and oxygen atoms in total. The molecule has 0 saturated heterocycles. The Morgan fingerprint density at radius 1 is 0.714 bits per heavy atom. The van der Waals surface area contributed by atoms with E-state index in [1.807, 2.05) is 0 Å². The quantitative estimate of drug-likeness (QED) is 0.293. The van der Waals surface area contributed by atoms with E-state index >= 15 is 0 Å². The van der Waals surface area contributed by atoms with Crippen LogP contribution in [-0.4, -0.2) is 24.6 Å². The Morgan fingerprint density at radius 3 is 1.86 bits per heavy atom. The number of unbranched alkanes of at least 4 members (excludes halogenated alkanes) is 7. The van der Waals surface area contributed by atoms with Crippen LogP contribution in [-0.2, 0) is 19.1 Å². The minimum atomic E-state index is -0.259. The second kappa shape index (κ2) is 11.2. The molecule has 4 saturated carbocycles. The van der Waals surface area contributed by atoms with Gasteiger partial charge in [0.25, 0.3) is 0 Å². The average molecular weight is 393 g/mol. The topological polar surface area (TPSA) is 52.6 Å². The van der Waals surface area contributed by atoms with Gasteiger partial charge >= 0.3 is 11.9 Å². The summed E-state index contributed by atoms with van der Waals surface area (Å²) < 4.78 is 11.1. The molecule has 28 heavy (non-hydrogen) atoms. The first-order valence-electron chi connectivity index (χ1n) is 12.0. The summed E-state index contributed by atoms with van der Waals surface area (Å²) in [5.74, 6) is 2.45. The molecule has 0 N–H and O–H groups in total. The third kappa shape index (κ3) is 6.49. The highest BCUT2D eigenvalue weighted by Crippen LogP contribution is 2.54. The summed E-state index contributed by atoms with van der Waals surface area (Å²) in [6.45, 7) is 2.72. The SMILES string of the molecule is CCCCCCCCCCOC(=O)CCC(=O)OC1C2CC3CC(C2)CC1C3. The third-order valence-electron chi connectivity index (χ3n) is 7.20. The van der Waals surface area contributed by atoms with Gasteiger partial charge in [-0.1, -0.05) is 51.9 Å². The number of esters is 2. The van der Waals surface area contributed by atoms with Gasteiger partial charge in [0.05, 0.1) is 19.4 Å². The maximum absolute atomic E-state index is 12.2. The lowest BCUT2D eigenvalue weighted by molar-refractivity contribution is -0.172. The molecule has 4 rings (SSSR count). The first-order chi connectivity index (χ1) is 13.7. The van der Waals surface area contributed by atoms with Crippen molar-refractivity contribution in [2.75, 3.05) is 6.61 Å². The van der Waals surface area contributed by atoms with Gasteiger partial charge in [-0.25, -0.2) is 0 Å². The standard InChI is InChI=1S/C24H40O4/c1-2-3-4-5-6-7-8-9-12-27-22(25)10-11-23(26)28-24-20-14-18-13-19(16-20)17-21(24)15-18/h18-21,24H,2-17H2,1H3. The van der Waals surface area contributed by atoms with Gasteiger partial charge in [0.15, 0.2) is 0 Å². The highest BCUT2D eigenvalue weighted by molar-refractivity contribution is 5.77. The van der Waals surface area contributed by atoms with Crippen LogP contribution in [0.4, 0.5) is 0 Å². The lowest BCUT2D eigenvalue weighted by Gasteiger charge is -2.53. The number of ether oxygens (including phenoxy) is 2. The molecule has 160 valence electrons. The van der Waals surface area contributed by atoms with Crippen LogP contribution < -0.4 is 0 Å². The van der Waals surface area contributed by atoms with Crippen molar-refractivity contribution in [3.63, 3.8) is 0 Å². The molecule has 0 spiro atoms. The zero-order chi connectivity index (χ0) is 19.8. The highest BCUT2D eigenvalue weighted by Gasteiger charge is 2.49. The summed E-state index contributed by atoms with van der Waals surface area (Å²) in [4.78, 5) is 24.1. The molecule has 0 heterocycles. The molecule has 0 aromatic heterocycles. The van der Waals surface area contributed by atoms with Crippen LogP contribution in [0.25, 0.3) is 0 Å². The fraction of sp³-hybridized carbons (Fsp3) is 0.917. The number of hydrogen-bond acceptors (Lipinski definition) is 4. The Kier molecular flexibility index (Phi) is 8.66. The molecule has 0 atom stereocenters. The van der Waals surface area contributed by atoms with Crippen molar-refractivity contribution >= 4 is 11.9 Å². The Morgan fingerprint density at radius 2 is 1.25 bits per heavy atom. The van der Waals surface area contributed by atoms with Crippen LogP contribution in [0, 0.1) is 23.7 Å². The minimum Gasteiger partial charge on any atom is -0.466 e. The van der Waals surface area contributed by atoms with E-state index in [-0.39, 0.29) is 30.9 Å². The summed E-state index contributed by atoms with van der Waals surface area (Å²) in [5.41, 5.74) is 0. The molecule has 0 aromatic carbocycles. The van der Waals surface area contributed by atoms with Crippen LogP contribution in [0.2, 0.25) is 0 Å². The first kappa shape index (κ1) is 21.6. The van der Waals surface area contributed by atoms with Gasteiger partial charge < -0.3 is 9.47 Å². The van der Waals surface area contributed by atoms with Crippen LogP contribution in [0.1, 0.15) is 103 Å². The molecule has 0 aromatic rings. The number of hydrogen-bond donors (Lipinski definition) is 0. The summed E-state index contributed by atoms with van der Waals surface area (Å²) in [5, 5.41) is 0. The smallest absolute Gasteiger partial charge is 0.306 e. The van der Waals surface area contributed by atoms with Crippen LogP contribution in [0.15, 0.2) is 0 Å². The minimum absolute atomic E-state index is 0.119. The summed E-state index contributed by atoms with van der Waals surface area (Å²) in [7, 11) is 0. The third-order valence-corrected chi connectivity index (χ3v) is 7.20. The van der Waals surface area contributed by atoms with Crippen molar-refractivity contribution in [2.24, 2.45) is 23.7 Å². The molecule has 0 aliphatic heterocycles. The van der Waals surface area contributed by atoms with Gasteiger partial charge in [-0.05, 0) is 62.2 Å². The highest BCUT2D eigenvalue weighted by atomic mass is 16.5.